The minimum absolute atomic E-state index is 0.0458. The monoisotopic (exact) mass is 434 g/mol. The van der Waals surface area contributed by atoms with Crippen LogP contribution in [0.5, 0.6) is 0 Å². The van der Waals surface area contributed by atoms with Crippen molar-refractivity contribution in [3.8, 4) is 0 Å². The van der Waals surface area contributed by atoms with Crippen molar-refractivity contribution in [2.75, 3.05) is 30.5 Å². The Labute approximate surface area is 180 Å². The third-order valence-corrected chi connectivity index (χ3v) is 9.34. The Morgan fingerprint density at radius 2 is 2.03 bits per heavy atom. The summed E-state index contributed by atoms with van der Waals surface area (Å²) in [6.07, 6.45) is 9.63. The van der Waals surface area contributed by atoms with E-state index in [1.807, 2.05) is 0 Å². The van der Waals surface area contributed by atoms with Crippen molar-refractivity contribution >= 4 is 39.9 Å². The van der Waals surface area contributed by atoms with Gasteiger partial charge in [0.2, 0.25) is 5.91 Å². The Hall–Kier alpha value is -1.05. The molecule has 0 saturated heterocycles. The molecule has 158 valence electrons. The average molecular weight is 435 g/mol. The lowest BCUT2D eigenvalue weighted by Crippen LogP contribution is -2.37. The van der Waals surface area contributed by atoms with Gasteiger partial charge in [0.25, 0.3) is 5.91 Å². The molecule has 2 unspecified atom stereocenters. The molecule has 4 saturated carbocycles. The summed E-state index contributed by atoms with van der Waals surface area (Å²) in [5.41, 5.74) is 1.59. The lowest BCUT2D eigenvalue weighted by atomic mass is 9.75. The first kappa shape index (κ1) is 19.9. The van der Waals surface area contributed by atoms with Gasteiger partial charge in [-0.3, -0.25) is 9.59 Å². The molecule has 0 radical (unpaired) electrons. The number of carbonyl (C=O) groups is 2. The molecular weight excluding hydrogens is 404 g/mol. The van der Waals surface area contributed by atoms with E-state index in [1.165, 1.54) is 19.3 Å². The van der Waals surface area contributed by atoms with Crippen LogP contribution in [0.2, 0.25) is 0 Å². The minimum Gasteiger partial charge on any atom is -0.376 e. The summed E-state index contributed by atoms with van der Waals surface area (Å²) in [4.78, 5) is 27.6. The first-order valence-electron chi connectivity index (χ1n) is 10.9. The van der Waals surface area contributed by atoms with Crippen LogP contribution in [0.1, 0.15) is 59.3 Å². The maximum absolute atomic E-state index is 13.5. The lowest BCUT2D eigenvalue weighted by molar-refractivity contribution is -0.127. The number of carbonyl (C=O) groups excluding carboxylic acids is 2. The van der Waals surface area contributed by atoms with Crippen molar-refractivity contribution in [1.82, 2.24) is 5.32 Å². The van der Waals surface area contributed by atoms with Crippen molar-refractivity contribution in [2.24, 2.45) is 23.2 Å². The van der Waals surface area contributed by atoms with E-state index < -0.39 is 0 Å². The Morgan fingerprint density at radius 1 is 1.24 bits per heavy atom. The van der Waals surface area contributed by atoms with E-state index in [0.29, 0.717) is 31.2 Å². The smallest absolute Gasteiger partial charge is 0.254 e. The molecule has 0 spiro atoms. The predicted molar refractivity (Wildman–Crippen MR) is 118 cm³/mol. The lowest BCUT2D eigenvalue weighted by Gasteiger charge is -2.31. The minimum atomic E-state index is -0.180. The first-order valence-corrected chi connectivity index (χ1v) is 13.1. The third kappa shape index (κ3) is 3.43. The molecule has 5 aliphatic rings. The summed E-state index contributed by atoms with van der Waals surface area (Å²) in [5, 5.41) is 7.07. The van der Waals surface area contributed by atoms with Crippen LogP contribution >= 0.6 is 23.1 Å². The van der Waals surface area contributed by atoms with Gasteiger partial charge in [-0.15, -0.1) is 11.3 Å². The number of hydrogen-bond donors (Lipinski definition) is 2. The first-order chi connectivity index (χ1) is 14.1. The van der Waals surface area contributed by atoms with E-state index in [-0.39, 0.29) is 17.2 Å². The zero-order valence-corrected chi connectivity index (χ0v) is 18.7. The molecular formula is C22H30N2O3S2. The highest BCUT2D eigenvalue weighted by atomic mass is 32.2. The molecule has 1 aliphatic heterocycles. The van der Waals surface area contributed by atoms with Crippen molar-refractivity contribution in [1.29, 1.82) is 0 Å². The molecule has 2 N–H and O–H groups in total. The largest absolute Gasteiger partial charge is 0.376 e. The Balaban J connectivity index is 1.37. The number of fused-ring (bicyclic) bond motifs is 1. The highest BCUT2D eigenvalue weighted by molar-refractivity contribution is 7.98. The number of hydrogen-bond acceptors (Lipinski definition) is 5. The molecule has 1 aromatic heterocycles. The third-order valence-electron chi connectivity index (χ3n) is 7.53. The van der Waals surface area contributed by atoms with Gasteiger partial charge in [-0.2, -0.15) is 11.8 Å². The fraction of sp³-hybridized carbons (Fsp3) is 0.727. The topological polar surface area (TPSA) is 67.4 Å². The number of anilines is 1. The second-order valence-electron chi connectivity index (χ2n) is 9.27. The van der Waals surface area contributed by atoms with Crippen molar-refractivity contribution in [3.05, 3.63) is 16.0 Å². The van der Waals surface area contributed by atoms with E-state index in [2.05, 4.69) is 16.9 Å². The highest BCUT2D eigenvalue weighted by Crippen LogP contribution is 2.65. The van der Waals surface area contributed by atoms with Crippen molar-refractivity contribution < 1.29 is 14.3 Å². The SMILES string of the molecule is CSCCCNC(=O)c1c(NC(=O)C23CC4CC(CC2C4)C3)sc2c1CCOC2. The second-order valence-corrected chi connectivity index (χ2v) is 11.4. The van der Waals surface area contributed by atoms with Crippen LogP contribution in [-0.2, 0) is 22.6 Å². The molecule has 4 bridgehead atoms. The van der Waals surface area contributed by atoms with Gasteiger partial charge in [0, 0.05) is 11.4 Å². The summed E-state index contributed by atoms with van der Waals surface area (Å²) in [7, 11) is 0. The summed E-state index contributed by atoms with van der Waals surface area (Å²) < 4.78 is 5.61. The Bertz CT molecular complexity index is 807. The molecule has 2 amide bonds. The zero-order valence-electron chi connectivity index (χ0n) is 17.1. The van der Waals surface area contributed by atoms with Crippen LogP contribution in [0.4, 0.5) is 5.00 Å². The van der Waals surface area contributed by atoms with Gasteiger partial charge < -0.3 is 15.4 Å². The molecule has 4 aliphatic carbocycles. The van der Waals surface area contributed by atoms with Gasteiger partial charge in [-0.25, -0.2) is 0 Å². The average Bonchev–Trinajstić information content (AvgIpc) is 3.28. The highest BCUT2D eigenvalue weighted by Gasteiger charge is 2.61. The van der Waals surface area contributed by atoms with Gasteiger partial charge in [0.15, 0.2) is 0 Å². The molecule has 2 atom stereocenters. The number of thioether (sulfide) groups is 1. The fourth-order valence-electron chi connectivity index (χ4n) is 6.46. The normalized spacial score (nSPS) is 31.7. The maximum Gasteiger partial charge on any atom is 0.254 e. The molecule has 1 aromatic rings. The number of ether oxygens (including phenoxy) is 1. The number of rotatable bonds is 7. The molecule has 6 rings (SSSR count). The van der Waals surface area contributed by atoms with Gasteiger partial charge in [-0.1, -0.05) is 0 Å². The Morgan fingerprint density at radius 3 is 2.79 bits per heavy atom. The molecule has 2 heterocycles. The fourth-order valence-corrected chi connectivity index (χ4v) is 8.07. The maximum atomic E-state index is 13.5. The van der Waals surface area contributed by atoms with Crippen LogP contribution in [0.25, 0.3) is 0 Å². The number of thiophene rings is 1. The van der Waals surface area contributed by atoms with Crippen molar-refractivity contribution in [3.63, 3.8) is 0 Å². The summed E-state index contributed by atoms with van der Waals surface area (Å²) in [5.74, 6) is 3.18. The summed E-state index contributed by atoms with van der Waals surface area (Å²) in [6, 6.07) is 0. The molecule has 29 heavy (non-hydrogen) atoms. The molecule has 0 aromatic carbocycles. The van der Waals surface area contributed by atoms with E-state index in [9.17, 15) is 9.59 Å². The number of amides is 2. The van der Waals surface area contributed by atoms with Gasteiger partial charge in [-0.05, 0) is 80.3 Å². The zero-order chi connectivity index (χ0) is 20.0. The molecule has 7 heteroatoms. The molecule has 4 fully saturated rings. The van der Waals surface area contributed by atoms with Crippen LogP contribution in [0.3, 0.4) is 0 Å². The summed E-state index contributed by atoms with van der Waals surface area (Å²) in [6.45, 7) is 1.85. The van der Waals surface area contributed by atoms with Gasteiger partial charge in [0.1, 0.15) is 5.00 Å². The van der Waals surface area contributed by atoms with E-state index in [0.717, 1.165) is 58.7 Å². The predicted octanol–water partition coefficient (Wildman–Crippen LogP) is 4.07. The summed E-state index contributed by atoms with van der Waals surface area (Å²) >= 11 is 3.33. The number of nitrogens with one attached hydrogen (secondary N) is 2. The van der Waals surface area contributed by atoms with E-state index >= 15 is 0 Å². The van der Waals surface area contributed by atoms with E-state index in [4.69, 9.17) is 4.74 Å². The Kier molecular flexibility index (Phi) is 5.41. The van der Waals surface area contributed by atoms with Crippen LogP contribution in [0, 0.1) is 23.2 Å². The molecule has 5 nitrogen and oxygen atoms in total. The van der Waals surface area contributed by atoms with Gasteiger partial charge >= 0.3 is 0 Å². The van der Waals surface area contributed by atoms with E-state index in [1.54, 1.807) is 23.1 Å². The van der Waals surface area contributed by atoms with Crippen LogP contribution in [0.15, 0.2) is 0 Å². The quantitative estimate of drug-likeness (QED) is 0.635. The van der Waals surface area contributed by atoms with Crippen LogP contribution < -0.4 is 10.6 Å². The van der Waals surface area contributed by atoms with Crippen molar-refractivity contribution in [2.45, 2.75) is 51.6 Å². The standard InChI is InChI=1S/C22H30N2O3S2/c1-28-6-2-4-23-19(25)18-16-3-5-27-12-17(16)29-20(18)24-21(26)22-10-13-7-14(11-22)9-15(22)8-13/h13-15H,2-12H2,1H3,(H,23,25)(H,24,26). The van der Waals surface area contributed by atoms with Gasteiger partial charge in [0.05, 0.1) is 24.2 Å². The second kappa shape index (κ2) is 7.89. The van der Waals surface area contributed by atoms with Crippen LogP contribution in [-0.4, -0.2) is 37.0 Å².